The number of hydrogen-bond donors (Lipinski definition) is 1. The molecule has 5 nitrogen and oxygen atoms in total. The van der Waals surface area contributed by atoms with Crippen molar-refractivity contribution < 1.29 is 13.2 Å². The Balaban J connectivity index is 1.90. The highest BCUT2D eigenvalue weighted by atomic mass is 35.5. The maximum Gasteiger partial charge on any atom is 0.243 e. The van der Waals surface area contributed by atoms with Crippen LogP contribution in [-0.2, 0) is 27.8 Å². The third-order valence-electron chi connectivity index (χ3n) is 4.34. The van der Waals surface area contributed by atoms with Crippen LogP contribution in [0.3, 0.4) is 0 Å². The predicted octanol–water partition coefficient (Wildman–Crippen LogP) is 3.06. The third kappa shape index (κ3) is 3.86. The van der Waals surface area contributed by atoms with Gasteiger partial charge in [0.1, 0.15) is 6.04 Å². The number of amides is 1. The lowest BCUT2D eigenvalue weighted by Gasteiger charge is -2.34. The molecule has 3 rings (SSSR count). The van der Waals surface area contributed by atoms with Crippen LogP contribution in [0.25, 0.3) is 0 Å². The first-order valence-electron chi connectivity index (χ1n) is 8.03. The Morgan fingerprint density at radius 1 is 1.16 bits per heavy atom. The van der Waals surface area contributed by atoms with Gasteiger partial charge in [-0.3, -0.25) is 4.79 Å². The Morgan fingerprint density at radius 3 is 2.44 bits per heavy atom. The molecule has 2 aromatic rings. The fourth-order valence-corrected chi connectivity index (χ4v) is 4.29. The van der Waals surface area contributed by atoms with Crippen LogP contribution in [0.2, 0.25) is 5.02 Å². The zero-order chi connectivity index (χ0) is 18.0. The highest BCUT2D eigenvalue weighted by molar-refractivity contribution is 7.89. The zero-order valence-electron chi connectivity index (χ0n) is 13.8. The van der Waals surface area contributed by atoms with Crippen molar-refractivity contribution in [2.24, 2.45) is 0 Å². The van der Waals surface area contributed by atoms with E-state index in [9.17, 15) is 13.2 Å². The summed E-state index contributed by atoms with van der Waals surface area (Å²) in [5.74, 6) is -0.381. The Labute approximate surface area is 152 Å². The predicted molar refractivity (Wildman–Crippen MR) is 99.0 cm³/mol. The summed E-state index contributed by atoms with van der Waals surface area (Å²) in [5, 5.41) is 3.36. The van der Waals surface area contributed by atoms with Gasteiger partial charge in [-0.15, -0.1) is 0 Å². The van der Waals surface area contributed by atoms with Crippen LogP contribution in [-0.4, -0.2) is 30.4 Å². The maximum absolute atomic E-state index is 12.8. The number of sulfonamides is 1. The number of carbonyl (C=O) groups excluding carboxylic acids is 1. The quantitative estimate of drug-likeness (QED) is 0.889. The minimum absolute atomic E-state index is 0.0418. The van der Waals surface area contributed by atoms with Gasteiger partial charge in [-0.25, -0.2) is 8.42 Å². The van der Waals surface area contributed by atoms with Gasteiger partial charge in [0, 0.05) is 17.3 Å². The van der Waals surface area contributed by atoms with E-state index >= 15 is 0 Å². The molecule has 0 saturated carbocycles. The molecule has 1 N–H and O–H groups in total. The Hall–Kier alpha value is -1.89. The van der Waals surface area contributed by atoms with Gasteiger partial charge >= 0.3 is 0 Å². The summed E-state index contributed by atoms with van der Waals surface area (Å²) in [4.78, 5) is 12.8. The molecule has 2 aromatic carbocycles. The highest BCUT2D eigenvalue weighted by Crippen LogP contribution is 2.27. The van der Waals surface area contributed by atoms with Gasteiger partial charge in [0.2, 0.25) is 15.9 Å². The second-order valence-electron chi connectivity index (χ2n) is 5.93. The molecule has 1 heterocycles. The summed E-state index contributed by atoms with van der Waals surface area (Å²) in [6.45, 7) is 1.80. The fourth-order valence-electron chi connectivity index (χ4n) is 2.94. The lowest BCUT2D eigenvalue weighted by Crippen LogP contribution is -2.51. The number of benzene rings is 2. The fraction of sp³-hybridized carbons (Fsp3) is 0.278. The van der Waals surface area contributed by atoms with Gasteiger partial charge in [-0.05, 0) is 48.7 Å². The summed E-state index contributed by atoms with van der Waals surface area (Å²) in [6, 6.07) is 13.6. The third-order valence-corrected chi connectivity index (χ3v) is 6.42. The molecule has 0 aromatic heterocycles. The molecule has 1 aliphatic rings. The van der Waals surface area contributed by atoms with E-state index in [-0.39, 0.29) is 18.2 Å². The molecule has 1 atom stereocenters. The van der Waals surface area contributed by atoms with Crippen LogP contribution in [0.5, 0.6) is 0 Å². The van der Waals surface area contributed by atoms with Crippen LogP contribution >= 0.6 is 11.6 Å². The molecule has 132 valence electrons. The average molecular weight is 379 g/mol. The summed E-state index contributed by atoms with van der Waals surface area (Å²) >= 11 is 5.85. The lowest BCUT2D eigenvalue weighted by molar-refractivity contribution is -0.120. The molecule has 25 heavy (non-hydrogen) atoms. The molecule has 1 amide bonds. The lowest BCUT2D eigenvalue weighted by atomic mass is 9.95. The van der Waals surface area contributed by atoms with E-state index in [1.165, 1.54) is 4.31 Å². The number of rotatable bonds is 4. The van der Waals surface area contributed by atoms with Crippen molar-refractivity contribution in [3.63, 3.8) is 0 Å². The molecule has 1 aliphatic heterocycles. The molecule has 1 unspecified atom stereocenters. The number of nitrogens with one attached hydrogen (secondary N) is 1. The topological polar surface area (TPSA) is 66.5 Å². The molecule has 0 bridgehead atoms. The van der Waals surface area contributed by atoms with E-state index in [0.717, 1.165) is 11.1 Å². The van der Waals surface area contributed by atoms with Crippen LogP contribution in [0.15, 0.2) is 48.5 Å². The van der Waals surface area contributed by atoms with E-state index in [1.807, 2.05) is 24.3 Å². The largest absolute Gasteiger partial charge is 0.325 e. The van der Waals surface area contributed by atoms with Crippen LogP contribution < -0.4 is 5.32 Å². The monoisotopic (exact) mass is 378 g/mol. The second kappa shape index (κ2) is 7.15. The summed E-state index contributed by atoms with van der Waals surface area (Å²) in [5.41, 5.74) is 2.53. The Kier molecular flexibility index (Phi) is 5.13. The average Bonchev–Trinajstić information content (AvgIpc) is 2.62. The first-order chi connectivity index (χ1) is 11.9. The zero-order valence-corrected chi connectivity index (χ0v) is 15.3. The van der Waals surface area contributed by atoms with Crippen molar-refractivity contribution in [1.29, 1.82) is 0 Å². The van der Waals surface area contributed by atoms with Crippen molar-refractivity contribution >= 4 is 33.2 Å². The number of hydrogen-bond acceptors (Lipinski definition) is 3. The Bertz CT molecular complexity index is 881. The molecule has 0 radical (unpaired) electrons. The standard InChI is InChI=1S/C18H19ClN2O3S/c1-2-25(23,24)21-12-14-6-4-3-5-13(14)11-17(21)18(22)20-16-9-7-15(19)8-10-16/h3-10,17H,2,11-12H2,1H3,(H,20,22). The summed E-state index contributed by atoms with van der Waals surface area (Å²) in [6.07, 6.45) is 0.356. The minimum Gasteiger partial charge on any atom is -0.325 e. The first kappa shape index (κ1) is 17.9. The number of nitrogens with zero attached hydrogens (tertiary/aromatic N) is 1. The van der Waals surface area contributed by atoms with Crippen molar-refractivity contribution in [1.82, 2.24) is 4.31 Å². The van der Waals surface area contributed by atoms with Gasteiger partial charge in [-0.2, -0.15) is 4.31 Å². The van der Waals surface area contributed by atoms with E-state index in [4.69, 9.17) is 11.6 Å². The highest BCUT2D eigenvalue weighted by Gasteiger charge is 2.37. The second-order valence-corrected chi connectivity index (χ2v) is 8.58. The van der Waals surface area contributed by atoms with Gasteiger partial charge in [0.05, 0.1) is 5.75 Å². The number of halogens is 1. The molecule has 0 fully saturated rings. The number of fused-ring (bicyclic) bond motifs is 1. The van der Waals surface area contributed by atoms with Crippen molar-refractivity contribution in [3.05, 3.63) is 64.7 Å². The van der Waals surface area contributed by atoms with Gasteiger partial charge in [0.25, 0.3) is 0 Å². The minimum atomic E-state index is -3.51. The SMILES string of the molecule is CCS(=O)(=O)N1Cc2ccccc2CC1C(=O)Nc1ccc(Cl)cc1. The summed E-state index contributed by atoms with van der Waals surface area (Å²) in [7, 11) is -3.51. The van der Waals surface area contributed by atoms with Crippen LogP contribution in [0, 0.1) is 0 Å². The Morgan fingerprint density at radius 2 is 1.80 bits per heavy atom. The maximum atomic E-state index is 12.8. The van der Waals surface area contributed by atoms with Crippen LogP contribution in [0.1, 0.15) is 18.1 Å². The smallest absolute Gasteiger partial charge is 0.243 e. The van der Waals surface area contributed by atoms with Gasteiger partial charge in [0.15, 0.2) is 0 Å². The first-order valence-corrected chi connectivity index (χ1v) is 10.0. The van der Waals surface area contributed by atoms with Gasteiger partial charge < -0.3 is 5.32 Å². The van der Waals surface area contributed by atoms with E-state index < -0.39 is 16.1 Å². The molecular formula is C18H19ClN2O3S. The van der Waals surface area contributed by atoms with Crippen molar-refractivity contribution in [3.8, 4) is 0 Å². The molecule has 0 spiro atoms. The number of carbonyl (C=O) groups is 1. The van der Waals surface area contributed by atoms with E-state index in [2.05, 4.69) is 5.32 Å². The van der Waals surface area contributed by atoms with Crippen molar-refractivity contribution in [2.45, 2.75) is 25.9 Å². The van der Waals surface area contributed by atoms with Crippen LogP contribution in [0.4, 0.5) is 5.69 Å². The van der Waals surface area contributed by atoms with E-state index in [1.54, 1.807) is 31.2 Å². The normalized spacial score (nSPS) is 17.8. The molecule has 7 heteroatoms. The van der Waals surface area contributed by atoms with Gasteiger partial charge in [-0.1, -0.05) is 35.9 Å². The van der Waals surface area contributed by atoms with E-state index in [0.29, 0.717) is 17.1 Å². The molecule has 0 saturated heterocycles. The molecular weight excluding hydrogens is 360 g/mol. The van der Waals surface area contributed by atoms with Crippen molar-refractivity contribution in [2.75, 3.05) is 11.1 Å². The number of anilines is 1. The summed E-state index contributed by atoms with van der Waals surface area (Å²) < 4.78 is 26.3. The molecule has 0 aliphatic carbocycles.